The fourth-order valence-corrected chi connectivity index (χ4v) is 1.69. The van der Waals surface area contributed by atoms with Crippen molar-refractivity contribution in [3.63, 3.8) is 0 Å². The van der Waals surface area contributed by atoms with E-state index in [-0.39, 0.29) is 5.78 Å². The van der Waals surface area contributed by atoms with Gasteiger partial charge in [-0.05, 0) is 6.92 Å². The molecule has 1 atom stereocenters. The molecule has 1 fully saturated rings. The Bertz CT molecular complexity index is 263. The summed E-state index contributed by atoms with van der Waals surface area (Å²) in [6.07, 6.45) is 2.20. The Hall–Kier alpha value is -1.16. The molecule has 0 spiro atoms. The molecule has 4 nitrogen and oxygen atoms in total. The molecule has 1 heterocycles. The van der Waals surface area contributed by atoms with Crippen molar-refractivity contribution in [2.45, 2.75) is 13.3 Å². The van der Waals surface area contributed by atoms with Gasteiger partial charge in [0.1, 0.15) is 11.7 Å². The monoisotopic (exact) mass is 211 g/mol. The summed E-state index contributed by atoms with van der Waals surface area (Å²) in [7, 11) is 0. The zero-order valence-corrected chi connectivity index (χ0v) is 9.07. The minimum atomic E-state index is -0.598. The number of hydrogen-bond acceptors (Lipinski definition) is 4. The molecule has 0 N–H and O–H groups in total. The van der Waals surface area contributed by atoms with E-state index in [1.807, 2.05) is 4.90 Å². The van der Waals surface area contributed by atoms with E-state index >= 15 is 0 Å². The molecule has 0 aliphatic carbocycles. The Balaban J connectivity index is 2.56. The van der Waals surface area contributed by atoms with Gasteiger partial charge in [0.05, 0.1) is 6.61 Å². The van der Waals surface area contributed by atoms with Crippen molar-refractivity contribution >= 4 is 11.8 Å². The average molecular weight is 211 g/mol. The number of ketones is 1. The molecule has 0 radical (unpaired) electrons. The molecule has 0 saturated carbocycles. The van der Waals surface area contributed by atoms with E-state index in [1.165, 1.54) is 0 Å². The van der Waals surface area contributed by atoms with Gasteiger partial charge in [-0.1, -0.05) is 6.08 Å². The summed E-state index contributed by atoms with van der Waals surface area (Å²) in [5, 5.41) is 0. The molecular formula is C11H17NO3. The van der Waals surface area contributed by atoms with Crippen LogP contribution in [0.25, 0.3) is 0 Å². The van der Waals surface area contributed by atoms with E-state index in [1.54, 1.807) is 13.0 Å². The van der Waals surface area contributed by atoms with Gasteiger partial charge in [0.25, 0.3) is 0 Å². The second-order valence-corrected chi connectivity index (χ2v) is 3.57. The number of ether oxygens (including phenoxy) is 1. The van der Waals surface area contributed by atoms with Crippen molar-refractivity contribution in [3.05, 3.63) is 12.7 Å². The third kappa shape index (κ3) is 3.16. The van der Waals surface area contributed by atoms with Crippen molar-refractivity contribution in [2.24, 2.45) is 5.92 Å². The number of carbonyl (C=O) groups is 2. The topological polar surface area (TPSA) is 46.6 Å². The third-order valence-electron chi connectivity index (χ3n) is 2.46. The number of likely N-dealkylation sites (tertiary alicyclic amines) is 1. The third-order valence-corrected chi connectivity index (χ3v) is 2.46. The van der Waals surface area contributed by atoms with Gasteiger partial charge < -0.3 is 4.74 Å². The summed E-state index contributed by atoms with van der Waals surface area (Å²) in [4.78, 5) is 25.0. The van der Waals surface area contributed by atoms with E-state index < -0.39 is 11.9 Å². The quantitative estimate of drug-likeness (QED) is 0.388. The van der Waals surface area contributed by atoms with Gasteiger partial charge in [-0.25, -0.2) is 0 Å². The first-order chi connectivity index (χ1) is 7.19. The Labute approximate surface area is 89.9 Å². The predicted octanol–water partition coefficient (Wildman–Crippen LogP) is 0.626. The van der Waals surface area contributed by atoms with Crippen LogP contribution in [-0.2, 0) is 14.3 Å². The fraction of sp³-hybridized carbons (Fsp3) is 0.636. The average Bonchev–Trinajstić information content (AvgIpc) is 2.21. The molecule has 1 rings (SSSR count). The van der Waals surface area contributed by atoms with E-state index in [0.717, 1.165) is 0 Å². The van der Waals surface area contributed by atoms with Crippen molar-refractivity contribution in [1.82, 2.24) is 4.90 Å². The van der Waals surface area contributed by atoms with Crippen LogP contribution in [0, 0.1) is 5.92 Å². The Morgan fingerprint density at radius 1 is 1.73 bits per heavy atom. The van der Waals surface area contributed by atoms with Crippen LogP contribution in [0.2, 0.25) is 0 Å². The number of rotatable bonds is 4. The Kier molecular flexibility index (Phi) is 4.49. The SMILES string of the molecule is C=CCN1CCC(=O)C(C(=O)OCC)C1. The molecule has 4 heteroatoms. The first-order valence-electron chi connectivity index (χ1n) is 5.21. The van der Waals surface area contributed by atoms with Crippen LogP contribution in [0.4, 0.5) is 0 Å². The largest absolute Gasteiger partial charge is 0.465 e. The normalized spacial score (nSPS) is 22.5. The molecule has 15 heavy (non-hydrogen) atoms. The first kappa shape index (κ1) is 11.9. The molecule has 0 aromatic carbocycles. The predicted molar refractivity (Wildman–Crippen MR) is 56.4 cm³/mol. The Morgan fingerprint density at radius 3 is 3.07 bits per heavy atom. The van der Waals surface area contributed by atoms with Gasteiger partial charge >= 0.3 is 5.97 Å². The second-order valence-electron chi connectivity index (χ2n) is 3.57. The molecule has 0 bridgehead atoms. The number of hydrogen-bond donors (Lipinski definition) is 0. The van der Waals surface area contributed by atoms with E-state index in [9.17, 15) is 9.59 Å². The van der Waals surface area contributed by atoms with Crippen LogP contribution in [-0.4, -0.2) is 42.9 Å². The number of Topliss-reactive ketones (excluding diaryl/α,β-unsaturated/α-hetero) is 1. The maximum atomic E-state index is 11.5. The number of carbonyl (C=O) groups excluding carboxylic acids is 2. The second kappa shape index (κ2) is 5.66. The van der Waals surface area contributed by atoms with Gasteiger partial charge in [0, 0.05) is 26.1 Å². The van der Waals surface area contributed by atoms with Gasteiger partial charge in [0.15, 0.2) is 0 Å². The smallest absolute Gasteiger partial charge is 0.317 e. The minimum Gasteiger partial charge on any atom is -0.465 e. The van der Waals surface area contributed by atoms with Crippen LogP contribution >= 0.6 is 0 Å². The molecule has 1 aliphatic rings. The molecule has 84 valence electrons. The summed E-state index contributed by atoms with van der Waals surface area (Å²) in [6, 6.07) is 0. The van der Waals surface area contributed by atoms with Crippen LogP contribution in [0.1, 0.15) is 13.3 Å². The highest BCUT2D eigenvalue weighted by molar-refractivity contribution is 5.99. The van der Waals surface area contributed by atoms with Crippen molar-refractivity contribution in [3.8, 4) is 0 Å². The van der Waals surface area contributed by atoms with Crippen LogP contribution in [0.3, 0.4) is 0 Å². The summed E-state index contributed by atoms with van der Waals surface area (Å²) in [6.45, 7) is 7.59. The van der Waals surface area contributed by atoms with Crippen LogP contribution in [0.15, 0.2) is 12.7 Å². The molecule has 0 amide bonds. The number of esters is 1. The van der Waals surface area contributed by atoms with E-state index in [0.29, 0.717) is 32.7 Å². The standard InChI is InChI=1S/C11H17NO3/c1-3-6-12-7-5-10(13)9(8-12)11(14)15-4-2/h3,9H,1,4-8H2,2H3. The van der Waals surface area contributed by atoms with Crippen LogP contribution in [0.5, 0.6) is 0 Å². The maximum absolute atomic E-state index is 11.5. The molecule has 0 aromatic heterocycles. The lowest BCUT2D eigenvalue weighted by molar-refractivity contribution is -0.153. The summed E-state index contributed by atoms with van der Waals surface area (Å²) < 4.78 is 4.87. The van der Waals surface area contributed by atoms with Crippen molar-refractivity contribution < 1.29 is 14.3 Å². The number of nitrogens with zero attached hydrogens (tertiary/aromatic N) is 1. The Morgan fingerprint density at radius 2 is 2.47 bits per heavy atom. The van der Waals surface area contributed by atoms with E-state index in [4.69, 9.17) is 4.74 Å². The fourth-order valence-electron chi connectivity index (χ4n) is 1.69. The molecular weight excluding hydrogens is 194 g/mol. The van der Waals surface area contributed by atoms with Crippen molar-refractivity contribution in [1.29, 1.82) is 0 Å². The van der Waals surface area contributed by atoms with Gasteiger partial charge in [0.2, 0.25) is 0 Å². The lowest BCUT2D eigenvalue weighted by Crippen LogP contribution is -2.44. The van der Waals surface area contributed by atoms with Gasteiger partial charge in [-0.15, -0.1) is 6.58 Å². The van der Waals surface area contributed by atoms with Crippen molar-refractivity contribution in [2.75, 3.05) is 26.2 Å². The summed E-state index contributed by atoms with van der Waals surface area (Å²) >= 11 is 0. The zero-order chi connectivity index (χ0) is 11.3. The van der Waals surface area contributed by atoms with Crippen LogP contribution < -0.4 is 0 Å². The van der Waals surface area contributed by atoms with E-state index in [2.05, 4.69) is 6.58 Å². The number of piperidine rings is 1. The molecule has 1 aliphatic heterocycles. The highest BCUT2D eigenvalue weighted by Gasteiger charge is 2.33. The highest BCUT2D eigenvalue weighted by Crippen LogP contribution is 2.14. The van der Waals surface area contributed by atoms with Gasteiger partial charge in [-0.2, -0.15) is 0 Å². The first-order valence-corrected chi connectivity index (χ1v) is 5.21. The summed E-state index contributed by atoms with van der Waals surface area (Å²) in [5.41, 5.74) is 0. The lowest BCUT2D eigenvalue weighted by Gasteiger charge is -2.29. The molecule has 1 unspecified atom stereocenters. The zero-order valence-electron chi connectivity index (χ0n) is 9.07. The highest BCUT2D eigenvalue weighted by atomic mass is 16.5. The summed E-state index contributed by atoms with van der Waals surface area (Å²) in [5.74, 6) is -0.997. The maximum Gasteiger partial charge on any atom is 0.317 e. The molecule has 0 aromatic rings. The van der Waals surface area contributed by atoms with Gasteiger partial charge in [-0.3, -0.25) is 14.5 Å². The molecule has 1 saturated heterocycles. The lowest BCUT2D eigenvalue weighted by atomic mass is 9.96. The minimum absolute atomic E-state index is 0.00578.